The van der Waals surface area contributed by atoms with E-state index in [1.807, 2.05) is 25.1 Å². The number of fused-ring (bicyclic) bond motifs is 5. The fourth-order valence-electron chi connectivity index (χ4n) is 3.10. The summed E-state index contributed by atoms with van der Waals surface area (Å²) in [6, 6.07) is 10.3. The number of sulfonamides is 1. The molecule has 2 aromatic carbocycles. The molecular formula is C19H18ClN3O3S. The Labute approximate surface area is 162 Å². The summed E-state index contributed by atoms with van der Waals surface area (Å²) < 4.78 is 33.9. The molecule has 0 bridgehead atoms. The van der Waals surface area contributed by atoms with Crippen LogP contribution in [0.3, 0.4) is 0 Å². The minimum atomic E-state index is -3.71. The topological polar surface area (TPSA) is 71.5 Å². The number of hydrogen-bond donors (Lipinski definition) is 1. The average molecular weight is 404 g/mol. The van der Waals surface area contributed by atoms with Gasteiger partial charge in [-0.25, -0.2) is 8.42 Å². The van der Waals surface area contributed by atoms with E-state index in [1.54, 1.807) is 36.5 Å². The van der Waals surface area contributed by atoms with Gasteiger partial charge in [0.1, 0.15) is 12.4 Å². The minimum absolute atomic E-state index is 0.196. The molecule has 0 fully saturated rings. The van der Waals surface area contributed by atoms with Gasteiger partial charge in [0.2, 0.25) is 0 Å². The Morgan fingerprint density at radius 2 is 2.00 bits per heavy atom. The smallest absolute Gasteiger partial charge is 0.262 e. The van der Waals surface area contributed by atoms with Gasteiger partial charge in [-0.1, -0.05) is 11.6 Å². The van der Waals surface area contributed by atoms with Crippen molar-refractivity contribution in [1.82, 2.24) is 9.88 Å². The first-order chi connectivity index (χ1) is 12.9. The van der Waals surface area contributed by atoms with Gasteiger partial charge in [0.15, 0.2) is 0 Å². The van der Waals surface area contributed by atoms with Crippen molar-refractivity contribution in [3.8, 4) is 16.9 Å². The number of halogens is 1. The number of hydrogen-bond acceptors (Lipinski definition) is 5. The van der Waals surface area contributed by atoms with Crippen LogP contribution in [0.4, 0.5) is 5.69 Å². The highest BCUT2D eigenvalue weighted by molar-refractivity contribution is 7.93. The highest BCUT2D eigenvalue weighted by atomic mass is 35.5. The number of rotatable bonds is 4. The van der Waals surface area contributed by atoms with Gasteiger partial charge in [-0.15, -0.1) is 0 Å². The molecule has 8 heteroatoms. The largest absolute Gasteiger partial charge is 0.492 e. The number of benzene rings is 2. The third kappa shape index (κ3) is 3.22. The van der Waals surface area contributed by atoms with Crippen molar-refractivity contribution in [2.45, 2.75) is 4.90 Å². The van der Waals surface area contributed by atoms with E-state index < -0.39 is 10.0 Å². The van der Waals surface area contributed by atoms with Crippen molar-refractivity contribution in [3.05, 3.63) is 47.6 Å². The van der Waals surface area contributed by atoms with Crippen LogP contribution in [0.5, 0.6) is 5.75 Å². The highest BCUT2D eigenvalue weighted by Gasteiger charge is 2.30. The number of likely N-dealkylation sites (N-methyl/N-ethyl adjacent to an activating group) is 1. The lowest BCUT2D eigenvalue weighted by atomic mass is 10.0. The first-order valence-electron chi connectivity index (χ1n) is 8.39. The third-order valence-corrected chi connectivity index (χ3v) is 6.14. The summed E-state index contributed by atoms with van der Waals surface area (Å²) in [7, 11) is 0.219. The van der Waals surface area contributed by atoms with Gasteiger partial charge in [0.05, 0.1) is 21.1 Å². The standard InChI is InChI=1S/C19H18ClN3O3S/c1-23(2)8-9-26-12-5-6-17-14(10-12)15-11-16(20)13-4-3-7-21-18(13)19(15)22-27(17,24)25/h3-7,10-11,22H,8-9H2,1-2H3. The van der Waals surface area contributed by atoms with Gasteiger partial charge in [0.25, 0.3) is 10.0 Å². The van der Waals surface area contributed by atoms with Crippen LogP contribution in [0.2, 0.25) is 5.02 Å². The van der Waals surface area contributed by atoms with Crippen molar-refractivity contribution in [3.63, 3.8) is 0 Å². The van der Waals surface area contributed by atoms with Crippen LogP contribution in [0, 0.1) is 0 Å². The SMILES string of the molecule is CN(C)CCOc1ccc2c(c1)-c1cc(Cl)c3cccnc3c1NS2(=O)=O. The van der Waals surface area contributed by atoms with Crippen LogP contribution in [0.25, 0.3) is 22.0 Å². The summed E-state index contributed by atoms with van der Waals surface area (Å²) in [4.78, 5) is 6.55. The monoisotopic (exact) mass is 403 g/mol. The average Bonchev–Trinajstić information content (AvgIpc) is 2.63. The zero-order valence-electron chi connectivity index (χ0n) is 14.9. The molecule has 4 rings (SSSR count). The molecule has 1 aliphatic rings. The molecule has 2 heterocycles. The van der Waals surface area contributed by atoms with Crippen LogP contribution >= 0.6 is 11.6 Å². The molecule has 1 aromatic heterocycles. The molecular weight excluding hydrogens is 386 g/mol. The lowest BCUT2D eigenvalue weighted by molar-refractivity contribution is 0.261. The molecule has 0 atom stereocenters. The summed E-state index contributed by atoms with van der Waals surface area (Å²) in [5.41, 5.74) is 2.20. The number of nitrogens with zero attached hydrogens (tertiary/aromatic N) is 2. The summed E-state index contributed by atoms with van der Waals surface area (Å²) >= 11 is 6.44. The number of aromatic nitrogens is 1. The maximum absolute atomic E-state index is 12.8. The lowest BCUT2D eigenvalue weighted by Gasteiger charge is -2.24. The van der Waals surface area contributed by atoms with Gasteiger partial charge in [0, 0.05) is 29.3 Å². The van der Waals surface area contributed by atoms with E-state index in [9.17, 15) is 8.42 Å². The maximum Gasteiger partial charge on any atom is 0.262 e. The molecule has 0 saturated carbocycles. The summed E-state index contributed by atoms with van der Waals surface area (Å²) in [5, 5.41) is 1.21. The van der Waals surface area contributed by atoms with Gasteiger partial charge >= 0.3 is 0 Å². The van der Waals surface area contributed by atoms with Crippen molar-refractivity contribution >= 4 is 38.2 Å². The van der Waals surface area contributed by atoms with E-state index in [-0.39, 0.29) is 4.90 Å². The summed E-state index contributed by atoms with van der Waals surface area (Å²) in [6.07, 6.45) is 1.61. The molecule has 6 nitrogen and oxygen atoms in total. The first kappa shape index (κ1) is 18.0. The Morgan fingerprint density at radius 1 is 1.19 bits per heavy atom. The molecule has 27 heavy (non-hydrogen) atoms. The molecule has 1 N–H and O–H groups in total. The predicted octanol–water partition coefficient (Wildman–Crippen LogP) is 3.61. The fraction of sp³-hybridized carbons (Fsp3) is 0.211. The van der Waals surface area contributed by atoms with Crippen molar-refractivity contribution in [1.29, 1.82) is 0 Å². The predicted molar refractivity (Wildman–Crippen MR) is 107 cm³/mol. The minimum Gasteiger partial charge on any atom is -0.492 e. The van der Waals surface area contributed by atoms with E-state index in [0.29, 0.717) is 45.1 Å². The van der Waals surface area contributed by atoms with Gasteiger partial charge in [-0.05, 0) is 50.5 Å². The Bertz CT molecular complexity index is 1150. The molecule has 0 spiro atoms. The van der Waals surface area contributed by atoms with Crippen molar-refractivity contribution in [2.75, 3.05) is 32.0 Å². The van der Waals surface area contributed by atoms with Crippen LogP contribution in [-0.4, -0.2) is 45.5 Å². The van der Waals surface area contributed by atoms with Crippen LogP contribution in [-0.2, 0) is 10.0 Å². The van der Waals surface area contributed by atoms with Crippen LogP contribution < -0.4 is 9.46 Å². The lowest BCUT2D eigenvalue weighted by Crippen LogP contribution is -2.20. The Hall–Kier alpha value is -2.35. The quantitative estimate of drug-likeness (QED) is 0.720. The molecule has 0 saturated heterocycles. The normalized spacial score (nSPS) is 14.5. The van der Waals surface area contributed by atoms with Gasteiger partial charge in [-0.2, -0.15) is 0 Å². The molecule has 0 unspecified atom stereocenters. The van der Waals surface area contributed by atoms with E-state index >= 15 is 0 Å². The molecule has 0 amide bonds. The zero-order chi connectivity index (χ0) is 19.2. The van der Waals surface area contributed by atoms with E-state index in [0.717, 1.165) is 6.54 Å². The van der Waals surface area contributed by atoms with Gasteiger partial charge in [-0.3, -0.25) is 9.71 Å². The zero-order valence-corrected chi connectivity index (χ0v) is 16.4. The third-order valence-electron chi connectivity index (χ3n) is 4.42. The molecule has 0 radical (unpaired) electrons. The van der Waals surface area contributed by atoms with Crippen molar-refractivity contribution in [2.24, 2.45) is 0 Å². The molecule has 1 aliphatic heterocycles. The van der Waals surface area contributed by atoms with Crippen molar-refractivity contribution < 1.29 is 13.2 Å². The fourth-order valence-corrected chi connectivity index (χ4v) is 4.65. The van der Waals surface area contributed by atoms with Crippen LogP contribution in [0.1, 0.15) is 0 Å². The van der Waals surface area contributed by atoms with Gasteiger partial charge < -0.3 is 9.64 Å². The van der Waals surface area contributed by atoms with Crippen LogP contribution in [0.15, 0.2) is 47.5 Å². The highest BCUT2D eigenvalue weighted by Crippen LogP contribution is 2.45. The Kier molecular flexibility index (Phi) is 4.46. The number of nitrogens with one attached hydrogen (secondary N) is 1. The molecule has 3 aromatic rings. The second-order valence-electron chi connectivity index (χ2n) is 6.60. The first-order valence-corrected chi connectivity index (χ1v) is 10.2. The Balaban J connectivity index is 1.88. The van der Waals surface area contributed by atoms with E-state index in [4.69, 9.17) is 16.3 Å². The number of pyridine rings is 1. The summed E-state index contributed by atoms with van der Waals surface area (Å²) in [5.74, 6) is 0.607. The summed E-state index contributed by atoms with van der Waals surface area (Å²) in [6.45, 7) is 1.26. The molecule has 140 valence electrons. The van der Waals surface area contributed by atoms with E-state index in [2.05, 4.69) is 9.71 Å². The Morgan fingerprint density at radius 3 is 2.78 bits per heavy atom. The molecule has 0 aliphatic carbocycles. The number of anilines is 1. The number of ether oxygens (including phenoxy) is 1. The second-order valence-corrected chi connectivity index (χ2v) is 8.65. The second kappa shape index (κ2) is 6.67. The maximum atomic E-state index is 12.8. The van der Waals surface area contributed by atoms with E-state index in [1.165, 1.54) is 0 Å².